The predicted octanol–water partition coefficient (Wildman–Crippen LogP) is 3.37. The van der Waals surface area contributed by atoms with Crippen molar-refractivity contribution in [1.29, 1.82) is 0 Å². The van der Waals surface area contributed by atoms with Gasteiger partial charge in [0.05, 0.1) is 0 Å². The maximum absolute atomic E-state index is 5.60. The summed E-state index contributed by atoms with van der Waals surface area (Å²) in [4.78, 5) is 0. The number of thioether (sulfide) groups is 1. The molecular weight excluding hydrogens is 178 g/mol. The smallest absolute Gasteiger partial charge is 0.0316 e. The molecule has 0 unspecified atom stereocenters. The van der Waals surface area contributed by atoms with Crippen LogP contribution < -0.4 is 5.73 Å². The predicted molar refractivity (Wildman–Crippen MR) is 64.4 cm³/mol. The number of nitrogens with two attached hydrogens (primary N) is 1. The van der Waals surface area contributed by atoms with Crippen LogP contribution in [0.1, 0.15) is 25.3 Å². The van der Waals surface area contributed by atoms with Crippen molar-refractivity contribution in [2.75, 3.05) is 18.2 Å². The molecule has 2 N–H and O–H groups in total. The largest absolute Gasteiger partial charge is 0.399 e. The molecule has 0 bridgehead atoms. The second-order valence-electron chi connectivity index (χ2n) is 3.23. The summed E-state index contributed by atoms with van der Waals surface area (Å²) in [6.07, 6.45) is 4.08. The van der Waals surface area contributed by atoms with Crippen molar-refractivity contribution in [2.45, 2.75) is 19.8 Å². The zero-order valence-electron chi connectivity index (χ0n) is 8.87. The summed E-state index contributed by atoms with van der Waals surface area (Å²) in [7, 11) is 0. The Morgan fingerprint density at radius 3 is 2.08 bits per heavy atom. The van der Waals surface area contributed by atoms with Crippen LogP contribution in [0.5, 0.6) is 0 Å². The molecule has 0 aromatic heterocycles. The first-order chi connectivity index (χ1) is 6.11. The van der Waals surface area contributed by atoms with Crippen molar-refractivity contribution in [3.63, 3.8) is 0 Å². The van der Waals surface area contributed by atoms with E-state index in [0.29, 0.717) is 5.92 Å². The van der Waals surface area contributed by atoms with Crippen molar-refractivity contribution < 1.29 is 0 Å². The molecule has 0 saturated heterocycles. The summed E-state index contributed by atoms with van der Waals surface area (Å²) in [6.45, 7) is 4.32. The van der Waals surface area contributed by atoms with Gasteiger partial charge in [0.15, 0.2) is 0 Å². The van der Waals surface area contributed by atoms with E-state index in [0.717, 1.165) is 5.69 Å². The third kappa shape index (κ3) is 5.58. The van der Waals surface area contributed by atoms with Crippen molar-refractivity contribution in [2.24, 2.45) is 0 Å². The van der Waals surface area contributed by atoms with Crippen molar-refractivity contribution in [1.82, 2.24) is 0 Å². The van der Waals surface area contributed by atoms with Crippen molar-refractivity contribution in [3.05, 3.63) is 29.8 Å². The molecule has 0 heterocycles. The van der Waals surface area contributed by atoms with E-state index in [4.69, 9.17) is 5.73 Å². The molecule has 0 saturated carbocycles. The minimum absolute atomic E-state index is 0.573. The van der Waals surface area contributed by atoms with Gasteiger partial charge in [-0.1, -0.05) is 26.0 Å². The van der Waals surface area contributed by atoms with Crippen LogP contribution in [0, 0.1) is 0 Å². The maximum atomic E-state index is 5.60. The molecule has 0 aliphatic heterocycles. The molecule has 1 nitrogen and oxygen atoms in total. The summed E-state index contributed by atoms with van der Waals surface area (Å²) in [5.41, 5.74) is 7.75. The van der Waals surface area contributed by atoms with E-state index in [1.54, 1.807) is 11.8 Å². The Morgan fingerprint density at radius 1 is 1.23 bits per heavy atom. The molecular formula is C11H19NS. The molecule has 2 heteroatoms. The van der Waals surface area contributed by atoms with Crippen LogP contribution in [-0.2, 0) is 0 Å². The van der Waals surface area contributed by atoms with Gasteiger partial charge in [-0.05, 0) is 36.1 Å². The molecule has 0 fully saturated rings. The van der Waals surface area contributed by atoms with Gasteiger partial charge in [-0.3, -0.25) is 0 Å². The molecule has 13 heavy (non-hydrogen) atoms. The van der Waals surface area contributed by atoms with Gasteiger partial charge in [0.25, 0.3) is 0 Å². The zero-order valence-corrected chi connectivity index (χ0v) is 9.69. The highest BCUT2D eigenvalue weighted by molar-refractivity contribution is 7.97. The standard InChI is InChI=1S/C9H13N.C2H6S/c1-7(2)8-4-3-5-9(10)6-8;1-3-2/h3-7H,10H2,1-2H3;1-2H3. The lowest BCUT2D eigenvalue weighted by Crippen LogP contribution is -1.89. The Hall–Kier alpha value is -0.630. The summed E-state index contributed by atoms with van der Waals surface area (Å²) in [5.74, 6) is 0.573. The monoisotopic (exact) mass is 197 g/mol. The van der Waals surface area contributed by atoms with Crippen molar-refractivity contribution in [3.8, 4) is 0 Å². The molecule has 1 aromatic carbocycles. The van der Waals surface area contributed by atoms with E-state index >= 15 is 0 Å². The Balaban J connectivity index is 0.000000424. The van der Waals surface area contributed by atoms with E-state index in [-0.39, 0.29) is 0 Å². The molecule has 0 amide bonds. The highest BCUT2D eigenvalue weighted by atomic mass is 32.2. The highest BCUT2D eigenvalue weighted by Crippen LogP contribution is 2.15. The normalized spacial score (nSPS) is 9.31. The maximum Gasteiger partial charge on any atom is 0.0316 e. The third-order valence-electron chi connectivity index (χ3n) is 1.58. The van der Waals surface area contributed by atoms with E-state index in [2.05, 4.69) is 19.9 Å². The van der Waals surface area contributed by atoms with Crippen LogP contribution in [0.25, 0.3) is 0 Å². The van der Waals surface area contributed by atoms with Crippen LogP contribution >= 0.6 is 11.8 Å². The van der Waals surface area contributed by atoms with Gasteiger partial charge in [-0.2, -0.15) is 11.8 Å². The number of benzene rings is 1. The quantitative estimate of drug-likeness (QED) is 0.699. The highest BCUT2D eigenvalue weighted by Gasteiger charge is 1.96. The SMILES string of the molecule is CC(C)c1cccc(N)c1.CSC. The van der Waals surface area contributed by atoms with E-state index in [1.165, 1.54) is 5.56 Å². The van der Waals surface area contributed by atoms with Gasteiger partial charge in [0.1, 0.15) is 0 Å². The van der Waals surface area contributed by atoms with Gasteiger partial charge in [0.2, 0.25) is 0 Å². The van der Waals surface area contributed by atoms with Gasteiger partial charge in [-0.15, -0.1) is 0 Å². The zero-order chi connectivity index (χ0) is 10.3. The molecule has 1 rings (SSSR count). The third-order valence-corrected chi connectivity index (χ3v) is 1.58. The lowest BCUT2D eigenvalue weighted by Gasteiger charge is -2.04. The number of nitrogen functional groups attached to an aromatic ring is 1. The molecule has 0 aliphatic carbocycles. The topological polar surface area (TPSA) is 26.0 Å². The average molecular weight is 197 g/mol. The minimum Gasteiger partial charge on any atom is -0.399 e. The van der Waals surface area contributed by atoms with Crippen LogP contribution in [0.15, 0.2) is 24.3 Å². The lowest BCUT2D eigenvalue weighted by atomic mass is 10.0. The molecule has 0 atom stereocenters. The first-order valence-corrected chi connectivity index (χ1v) is 6.00. The summed E-state index contributed by atoms with van der Waals surface area (Å²) >= 11 is 1.75. The molecule has 0 aliphatic rings. The summed E-state index contributed by atoms with van der Waals surface area (Å²) in [5, 5.41) is 0. The lowest BCUT2D eigenvalue weighted by molar-refractivity contribution is 0.867. The average Bonchev–Trinajstić information content (AvgIpc) is 2.05. The second-order valence-corrected chi connectivity index (χ2v) is 4.05. The Labute approximate surface area is 85.7 Å². The first-order valence-electron chi connectivity index (χ1n) is 4.37. The number of hydrogen-bond acceptors (Lipinski definition) is 2. The fraction of sp³-hybridized carbons (Fsp3) is 0.455. The van der Waals surface area contributed by atoms with E-state index in [9.17, 15) is 0 Å². The van der Waals surface area contributed by atoms with Gasteiger partial charge >= 0.3 is 0 Å². The molecule has 74 valence electrons. The van der Waals surface area contributed by atoms with Crippen LogP contribution in [0.2, 0.25) is 0 Å². The Morgan fingerprint density at radius 2 is 1.77 bits per heavy atom. The van der Waals surface area contributed by atoms with Gasteiger partial charge < -0.3 is 5.73 Å². The molecule has 0 spiro atoms. The van der Waals surface area contributed by atoms with Crippen LogP contribution in [0.4, 0.5) is 5.69 Å². The van der Waals surface area contributed by atoms with Crippen LogP contribution in [-0.4, -0.2) is 12.5 Å². The van der Waals surface area contributed by atoms with Crippen molar-refractivity contribution >= 4 is 17.4 Å². The fourth-order valence-electron chi connectivity index (χ4n) is 0.918. The Bertz CT molecular complexity index is 233. The molecule has 0 radical (unpaired) electrons. The van der Waals surface area contributed by atoms with E-state index < -0.39 is 0 Å². The summed E-state index contributed by atoms with van der Waals surface area (Å²) < 4.78 is 0. The van der Waals surface area contributed by atoms with E-state index in [1.807, 2.05) is 30.7 Å². The van der Waals surface area contributed by atoms with Gasteiger partial charge in [-0.25, -0.2) is 0 Å². The first kappa shape index (κ1) is 12.4. The molecule has 1 aromatic rings. The summed E-state index contributed by atoms with van der Waals surface area (Å²) in [6, 6.07) is 8.02. The van der Waals surface area contributed by atoms with Gasteiger partial charge in [0, 0.05) is 5.69 Å². The number of hydrogen-bond donors (Lipinski definition) is 1. The number of rotatable bonds is 1. The Kier molecular flexibility index (Phi) is 6.51. The fourth-order valence-corrected chi connectivity index (χ4v) is 0.918. The number of anilines is 1. The minimum atomic E-state index is 0.573. The van der Waals surface area contributed by atoms with Crippen LogP contribution in [0.3, 0.4) is 0 Å². The second kappa shape index (κ2) is 6.84.